The Labute approximate surface area is 128 Å². The van der Waals surface area contributed by atoms with Gasteiger partial charge in [0.25, 0.3) is 0 Å². The van der Waals surface area contributed by atoms with Gasteiger partial charge in [0.1, 0.15) is 5.82 Å². The zero-order chi connectivity index (χ0) is 13.2. The Morgan fingerprint density at radius 3 is 3.05 bits per heavy atom. The molecule has 2 aromatic rings. The molecule has 100 valence electrons. The van der Waals surface area contributed by atoms with Crippen LogP contribution in [0.25, 0.3) is 0 Å². The largest absolute Gasteiger partial charge is 0.305 e. The molecule has 1 aromatic heterocycles. The van der Waals surface area contributed by atoms with Crippen LogP contribution in [0.1, 0.15) is 22.9 Å². The number of thioether (sulfide) groups is 1. The predicted molar refractivity (Wildman–Crippen MR) is 83.3 cm³/mol. The molecule has 0 spiro atoms. The van der Waals surface area contributed by atoms with Gasteiger partial charge in [0.05, 0.1) is 0 Å². The van der Waals surface area contributed by atoms with Gasteiger partial charge < -0.3 is 5.32 Å². The molecule has 0 radical (unpaired) electrons. The Balaban J connectivity index is 1.74. The molecule has 1 unspecified atom stereocenters. The fourth-order valence-electron chi connectivity index (χ4n) is 2.25. The van der Waals surface area contributed by atoms with Gasteiger partial charge in [-0.25, -0.2) is 4.39 Å². The minimum Gasteiger partial charge on any atom is -0.305 e. The summed E-state index contributed by atoms with van der Waals surface area (Å²) in [6, 6.07) is 7.49. The van der Waals surface area contributed by atoms with Crippen molar-refractivity contribution in [2.75, 3.05) is 5.75 Å². The molecule has 0 amide bonds. The Bertz CT molecular complexity index is 585. The van der Waals surface area contributed by atoms with E-state index < -0.39 is 0 Å². The maximum absolute atomic E-state index is 13.4. The van der Waals surface area contributed by atoms with Crippen LogP contribution in [0.4, 0.5) is 4.39 Å². The summed E-state index contributed by atoms with van der Waals surface area (Å²) >= 11 is 7.01. The number of rotatable bonds is 3. The van der Waals surface area contributed by atoms with Crippen LogP contribution in [0.3, 0.4) is 0 Å². The van der Waals surface area contributed by atoms with Gasteiger partial charge in [0.15, 0.2) is 0 Å². The lowest BCUT2D eigenvalue weighted by Gasteiger charge is -2.26. The quantitative estimate of drug-likeness (QED) is 0.831. The molecule has 2 heterocycles. The van der Waals surface area contributed by atoms with Crippen LogP contribution in [0.2, 0.25) is 0 Å². The van der Waals surface area contributed by atoms with E-state index in [1.54, 1.807) is 23.5 Å². The van der Waals surface area contributed by atoms with Crippen LogP contribution >= 0.6 is 39.0 Å². The molecule has 0 bridgehead atoms. The normalized spacial score (nSPS) is 18.3. The van der Waals surface area contributed by atoms with Crippen LogP contribution in [0, 0.1) is 5.82 Å². The summed E-state index contributed by atoms with van der Waals surface area (Å²) in [5, 5.41) is 5.63. The minimum absolute atomic E-state index is 0.146. The van der Waals surface area contributed by atoms with Crippen molar-refractivity contribution >= 4 is 39.0 Å². The van der Waals surface area contributed by atoms with Crippen LogP contribution in [-0.2, 0) is 6.54 Å². The molecule has 5 heteroatoms. The Morgan fingerprint density at radius 2 is 2.26 bits per heavy atom. The van der Waals surface area contributed by atoms with Crippen LogP contribution in [0.5, 0.6) is 0 Å². The van der Waals surface area contributed by atoms with Gasteiger partial charge in [-0.1, -0.05) is 0 Å². The number of hydrogen-bond donors (Lipinski definition) is 1. The Morgan fingerprint density at radius 1 is 1.37 bits per heavy atom. The summed E-state index contributed by atoms with van der Waals surface area (Å²) in [6.07, 6.45) is 1.05. The van der Waals surface area contributed by atoms with E-state index in [1.165, 1.54) is 9.77 Å². The molecule has 1 aromatic carbocycles. The molecule has 1 nitrogen and oxygen atoms in total. The van der Waals surface area contributed by atoms with Gasteiger partial charge >= 0.3 is 0 Å². The first-order valence-electron chi connectivity index (χ1n) is 6.11. The summed E-state index contributed by atoms with van der Waals surface area (Å²) in [5.74, 6) is 0.941. The van der Waals surface area contributed by atoms with Crippen LogP contribution in [0.15, 0.2) is 39.0 Å². The summed E-state index contributed by atoms with van der Waals surface area (Å²) in [6.45, 7) is 0.835. The van der Waals surface area contributed by atoms with Crippen LogP contribution < -0.4 is 5.32 Å². The van der Waals surface area contributed by atoms with Gasteiger partial charge in [-0.3, -0.25) is 0 Å². The minimum atomic E-state index is -0.146. The number of benzene rings is 1. The van der Waals surface area contributed by atoms with Gasteiger partial charge in [0.2, 0.25) is 0 Å². The molecule has 1 N–H and O–H groups in total. The monoisotopic (exact) mass is 357 g/mol. The Kier molecular flexibility index (Phi) is 4.27. The van der Waals surface area contributed by atoms with Gasteiger partial charge in [-0.15, -0.1) is 23.1 Å². The van der Waals surface area contributed by atoms with E-state index in [1.807, 2.05) is 17.8 Å². The molecular weight excluding hydrogens is 345 g/mol. The molecule has 19 heavy (non-hydrogen) atoms. The number of halogens is 2. The summed E-state index contributed by atoms with van der Waals surface area (Å²) in [5.41, 5.74) is 1.10. The van der Waals surface area contributed by atoms with Crippen molar-refractivity contribution in [1.82, 2.24) is 5.32 Å². The highest BCUT2D eigenvalue weighted by Gasteiger charge is 2.20. The van der Waals surface area contributed by atoms with Crippen molar-refractivity contribution in [2.45, 2.75) is 23.9 Å². The maximum atomic E-state index is 13.4. The fourth-order valence-corrected chi connectivity index (χ4v) is 4.76. The standard InChI is InChI=1S/C14H13BrFNS2/c15-9-5-11(19-8-9)7-17-13-3-4-18-14-2-1-10(16)6-12(13)14/h1-2,5-6,8,13,17H,3-4,7H2. The predicted octanol–water partition coefficient (Wildman–Crippen LogP) is 4.98. The molecular formula is C14H13BrFNS2. The highest BCUT2D eigenvalue weighted by atomic mass is 79.9. The highest BCUT2D eigenvalue weighted by Crippen LogP contribution is 2.36. The fraction of sp³-hybridized carbons (Fsp3) is 0.286. The van der Waals surface area contributed by atoms with E-state index in [2.05, 4.69) is 32.7 Å². The lowest BCUT2D eigenvalue weighted by Crippen LogP contribution is -2.24. The van der Waals surface area contributed by atoms with E-state index in [4.69, 9.17) is 0 Å². The number of fused-ring (bicyclic) bond motifs is 1. The average molecular weight is 358 g/mol. The lowest BCUT2D eigenvalue weighted by atomic mass is 10.0. The van der Waals surface area contributed by atoms with E-state index in [0.717, 1.165) is 28.8 Å². The third kappa shape index (κ3) is 3.21. The number of thiophene rings is 1. The summed E-state index contributed by atoms with van der Waals surface area (Å²) in [7, 11) is 0. The molecule has 1 aliphatic heterocycles. The SMILES string of the molecule is Fc1ccc2c(c1)C(NCc1cc(Br)cs1)CCS2. The van der Waals surface area contributed by atoms with Gasteiger partial charge in [-0.2, -0.15) is 0 Å². The smallest absolute Gasteiger partial charge is 0.123 e. The van der Waals surface area contributed by atoms with Crippen LogP contribution in [-0.4, -0.2) is 5.75 Å². The first kappa shape index (κ1) is 13.6. The molecule has 0 saturated heterocycles. The van der Waals surface area contributed by atoms with E-state index >= 15 is 0 Å². The summed E-state index contributed by atoms with van der Waals surface area (Å²) < 4.78 is 14.5. The molecule has 3 rings (SSSR count). The second-order valence-electron chi connectivity index (χ2n) is 4.48. The first-order valence-corrected chi connectivity index (χ1v) is 8.77. The first-order chi connectivity index (χ1) is 9.22. The highest BCUT2D eigenvalue weighted by molar-refractivity contribution is 9.10. The van der Waals surface area contributed by atoms with E-state index in [9.17, 15) is 4.39 Å². The Hall–Kier alpha value is -0.360. The molecule has 0 fully saturated rings. The third-order valence-corrected chi connectivity index (χ3v) is 5.98. The second-order valence-corrected chi connectivity index (χ2v) is 7.53. The number of hydrogen-bond acceptors (Lipinski definition) is 3. The molecule has 0 aliphatic carbocycles. The molecule has 1 aliphatic rings. The lowest BCUT2D eigenvalue weighted by molar-refractivity contribution is 0.507. The topological polar surface area (TPSA) is 12.0 Å². The van der Waals surface area contributed by atoms with Crippen molar-refractivity contribution in [3.05, 3.63) is 50.4 Å². The van der Waals surface area contributed by atoms with Crippen molar-refractivity contribution in [2.24, 2.45) is 0 Å². The van der Waals surface area contributed by atoms with Crippen molar-refractivity contribution in [3.63, 3.8) is 0 Å². The second kappa shape index (κ2) is 5.95. The molecule has 0 saturated carbocycles. The summed E-state index contributed by atoms with van der Waals surface area (Å²) in [4.78, 5) is 2.50. The van der Waals surface area contributed by atoms with Gasteiger partial charge in [-0.05, 0) is 57.9 Å². The zero-order valence-electron chi connectivity index (χ0n) is 10.2. The van der Waals surface area contributed by atoms with E-state index in [0.29, 0.717) is 0 Å². The van der Waals surface area contributed by atoms with Gasteiger partial charge in [0, 0.05) is 32.2 Å². The molecule has 1 atom stereocenters. The van der Waals surface area contributed by atoms with Crippen molar-refractivity contribution < 1.29 is 4.39 Å². The zero-order valence-corrected chi connectivity index (χ0v) is 13.4. The third-order valence-electron chi connectivity index (χ3n) is 3.16. The number of nitrogens with one attached hydrogen (secondary N) is 1. The van der Waals surface area contributed by atoms with E-state index in [-0.39, 0.29) is 11.9 Å². The van der Waals surface area contributed by atoms with Crippen molar-refractivity contribution in [3.8, 4) is 0 Å². The average Bonchev–Trinajstić information content (AvgIpc) is 2.82. The van der Waals surface area contributed by atoms with Crippen molar-refractivity contribution in [1.29, 1.82) is 0 Å². The maximum Gasteiger partial charge on any atom is 0.123 e.